The molecule has 2 aliphatic heterocycles. The average Bonchev–Trinajstić information content (AvgIpc) is 2.89. The monoisotopic (exact) mass is 297 g/mol. The van der Waals surface area contributed by atoms with Crippen LogP contribution >= 0.6 is 15.9 Å². The summed E-state index contributed by atoms with van der Waals surface area (Å²) in [6.45, 7) is 0.507. The van der Waals surface area contributed by atoms with Gasteiger partial charge in [0.25, 0.3) is 0 Å². The van der Waals surface area contributed by atoms with Crippen LogP contribution < -0.4 is 0 Å². The second kappa shape index (κ2) is 3.99. The van der Waals surface area contributed by atoms with Gasteiger partial charge in [-0.1, -0.05) is 28.1 Å². The fourth-order valence-corrected chi connectivity index (χ4v) is 2.95. The second-order valence-corrected chi connectivity index (χ2v) is 5.38. The Morgan fingerprint density at radius 3 is 2.71 bits per heavy atom. The van der Waals surface area contributed by atoms with Crippen molar-refractivity contribution in [1.82, 2.24) is 4.90 Å². The first kappa shape index (κ1) is 11.0. The molecule has 1 aromatic carbocycles. The van der Waals surface area contributed by atoms with Gasteiger partial charge in [-0.05, 0) is 24.1 Å². The number of amides is 1. The number of carbonyl (C=O) groups is 1. The highest BCUT2D eigenvalue weighted by atomic mass is 79.9. The number of likely N-dealkylation sites (tertiary alicyclic amines) is 1. The third-order valence-corrected chi connectivity index (χ3v) is 3.97. The Kier molecular flexibility index (Phi) is 2.60. The lowest BCUT2D eigenvalue weighted by Crippen LogP contribution is -2.42. The summed E-state index contributed by atoms with van der Waals surface area (Å²) in [5, 5.41) is 9.11. The van der Waals surface area contributed by atoms with Gasteiger partial charge in [0.15, 0.2) is 0 Å². The van der Waals surface area contributed by atoms with E-state index in [0.717, 1.165) is 16.5 Å². The molecule has 3 atom stereocenters. The van der Waals surface area contributed by atoms with E-state index in [0.29, 0.717) is 6.54 Å². The first-order chi connectivity index (χ1) is 8.15. The Morgan fingerprint density at radius 2 is 2.12 bits per heavy atom. The SMILES string of the molecule is O=C(O)N1C[C@@H]2C[C@H]1[C@@H](c1ccc(Br)cc1)O2. The summed E-state index contributed by atoms with van der Waals surface area (Å²) in [6.07, 6.45) is -0.0851. The Hall–Kier alpha value is -1.07. The van der Waals surface area contributed by atoms with Gasteiger partial charge in [0.1, 0.15) is 6.10 Å². The van der Waals surface area contributed by atoms with Crippen LogP contribution in [0.5, 0.6) is 0 Å². The average molecular weight is 298 g/mol. The topological polar surface area (TPSA) is 49.8 Å². The smallest absolute Gasteiger partial charge is 0.407 e. The molecule has 0 unspecified atom stereocenters. The molecule has 3 rings (SSSR count). The molecule has 0 aliphatic carbocycles. The molecular formula is C12H12BrNO3. The van der Waals surface area contributed by atoms with E-state index >= 15 is 0 Å². The van der Waals surface area contributed by atoms with Crippen molar-refractivity contribution in [3.63, 3.8) is 0 Å². The van der Waals surface area contributed by atoms with Gasteiger partial charge < -0.3 is 9.84 Å². The number of hydrogen-bond acceptors (Lipinski definition) is 2. The molecule has 0 radical (unpaired) electrons. The van der Waals surface area contributed by atoms with Crippen LogP contribution in [0, 0.1) is 0 Å². The zero-order valence-electron chi connectivity index (χ0n) is 9.04. The van der Waals surface area contributed by atoms with E-state index in [-0.39, 0.29) is 18.2 Å². The summed E-state index contributed by atoms with van der Waals surface area (Å²) < 4.78 is 6.86. The summed E-state index contributed by atoms with van der Waals surface area (Å²) in [7, 11) is 0. The van der Waals surface area contributed by atoms with Crippen molar-refractivity contribution in [2.45, 2.75) is 24.7 Å². The Morgan fingerprint density at radius 1 is 1.41 bits per heavy atom. The van der Waals surface area contributed by atoms with E-state index in [9.17, 15) is 4.79 Å². The summed E-state index contributed by atoms with van der Waals surface area (Å²) >= 11 is 3.38. The highest BCUT2D eigenvalue weighted by molar-refractivity contribution is 9.10. The van der Waals surface area contributed by atoms with Crippen LogP contribution in [0.1, 0.15) is 18.1 Å². The van der Waals surface area contributed by atoms with Gasteiger partial charge >= 0.3 is 6.09 Å². The van der Waals surface area contributed by atoms with Crippen LogP contribution in [-0.2, 0) is 4.74 Å². The fourth-order valence-electron chi connectivity index (χ4n) is 2.68. The van der Waals surface area contributed by atoms with Crippen LogP contribution in [0.3, 0.4) is 0 Å². The maximum absolute atomic E-state index is 11.1. The molecule has 0 saturated carbocycles. The van der Waals surface area contributed by atoms with Gasteiger partial charge in [0.05, 0.1) is 18.7 Å². The van der Waals surface area contributed by atoms with Crippen molar-refractivity contribution in [1.29, 1.82) is 0 Å². The molecule has 0 aromatic heterocycles. The number of ether oxygens (including phenoxy) is 1. The first-order valence-electron chi connectivity index (χ1n) is 5.55. The lowest BCUT2D eigenvalue weighted by molar-refractivity contribution is -0.0287. The van der Waals surface area contributed by atoms with Gasteiger partial charge in [-0.3, -0.25) is 4.90 Å². The van der Waals surface area contributed by atoms with Gasteiger partial charge in [0.2, 0.25) is 0 Å². The maximum atomic E-state index is 11.1. The molecule has 2 bridgehead atoms. The molecule has 1 N–H and O–H groups in total. The minimum absolute atomic E-state index is 0.0290. The summed E-state index contributed by atoms with van der Waals surface area (Å²) in [4.78, 5) is 12.6. The zero-order valence-corrected chi connectivity index (χ0v) is 10.6. The Bertz CT molecular complexity index is 448. The first-order valence-corrected chi connectivity index (χ1v) is 6.35. The van der Waals surface area contributed by atoms with E-state index < -0.39 is 6.09 Å². The number of morpholine rings is 1. The molecule has 2 fully saturated rings. The van der Waals surface area contributed by atoms with Crippen molar-refractivity contribution >= 4 is 22.0 Å². The van der Waals surface area contributed by atoms with Crippen molar-refractivity contribution in [3.8, 4) is 0 Å². The van der Waals surface area contributed by atoms with Gasteiger partial charge in [-0.15, -0.1) is 0 Å². The number of carboxylic acid groups (broad SMARTS) is 1. The summed E-state index contributed by atoms with van der Waals surface area (Å²) in [6, 6.07) is 7.84. The maximum Gasteiger partial charge on any atom is 0.407 e. The highest BCUT2D eigenvalue weighted by Gasteiger charge is 2.48. The lowest BCUT2D eigenvalue weighted by Gasteiger charge is -2.31. The molecule has 1 aromatic rings. The molecule has 17 heavy (non-hydrogen) atoms. The third kappa shape index (κ3) is 1.83. The third-order valence-electron chi connectivity index (χ3n) is 3.44. The molecule has 5 heteroatoms. The molecule has 2 heterocycles. The van der Waals surface area contributed by atoms with E-state index in [4.69, 9.17) is 9.84 Å². The van der Waals surface area contributed by atoms with E-state index in [1.807, 2.05) is 24.3 Å². The molecule has 2 saturated heterocycles. The number of fused-ring (bicyclic) bond motifs is 2. The summed E-state index contributed by atoms with van der Waals surface area (Å²) in [5.41, 5.74) is 1.05. The van der Waals surface area contributed by atoms with Crippen LogP contribution in [0.2, 0.25) is 0 Å². The molecule has 90 valence electrons. The normalized spacial score (nSPS) is 30.9. The van der Waals surface area contributed by atoms with Gasteiger partial charge in [-0.25, -0.2) is 4.79 Å². The highest BCUT2D eigenvalue weighted by Crippen LogP contribution is 2.42. The molecule has 2 aliphatic rings. The Labute approximate surface area is 107 Å². The van der Waals surface area contributed by atoms with Crippen LogP contribution in [0.25, 0.3) is 0 Å². The van der Waals surface area contributed by atoms with Gasteiger partial charge in [-0.2, -0.15) is 0 Å². The van der Waals surface area contributed by atoms with Crippen LogP contribution in [-0.4, -0.2) is 34.8 Å². The lowest BCUT2D eigenvalue weighted by atomic mass is 10.0. The largest absolute Gasteiger partial charge is 0.465 e. The number of halogens is 1. The van der Waals surface area contributed by atoms with Crippen molar-refractivity contribution in [2.75, 3.05) is 6.54 Å². The van der Waals surface area contributed by atoms with E-state index in [2.05, 4.69) is 15.9 Å². The zero-order chi connectivity index (χ0) is 12.0. The second-order valence-electron chi connectivity index (χ2n) is 4.47. The number of nitrogens with zero attached hydrogens (tertiary/aromatic N) is 1. The predicted molar refractivity (Wildman–Crippen MR) is 64.9 cm³/mol. The number of rotatable bonds is 1. The quantitative estimate of drug-likeness (QED) is 0.867. The molecule has 1 amide bonds. The standard InChI is InChI=1S/C12H12BrNO3/c13-8-3-1-7(2-4-8)11-10-5-9(17-11)6-14(10)12(15)16/h1-4,9-11H,5-6H2,(H,15,16)/t9-,10-,11+/m0/s1. The summed E-state index contributed by atoms with van der Waals surface area (Å²) in [5.74, 6) is 0. The minimum Gasteiger partial charge on any atom is -0.465 e. The van der Waals surface area contributed by atoms with Crippen LogP contribution in [0.4, 0.5) is 4.79 Å². The Balaban J connectivity index is 1.86. The number of hydrogen-bond donors (Lipinski definition) is 1. The molecule has 4 nitrogen and oxygen atoms in total. The fraction of sp³-hybridized carbons (Fsp3) is 0.417. The van der Waals surface area contributed by atoms with Crippen molar-refractivity contribution in [3.05, 3.63) is 34.3 Å². The van der Waals surface area contributed by atoms with Crippen molar-refractivity contribution < 1.29 is 14.6 Å². The minimum atomic E-state index is -0.845. The molecule has 0 spiro atoms. The van der Waals surface area contributed by atoms with Crippen molar-refractivity contribution in [2.24, 2.45) is 0 Å². The molecular weight excluding hydrogens is 286 g/mol. The van der Waals surface area contributed by atoms with E-state index in [1.54, 1.807) is 0 Å². The van der Waals surface area contributed by atoms with Crippen LogP contribution in [0.15, 0.2) is 28.7 Å². The van der Waals surface area contributed by atoms with E-state index in [1.165, 1.54) is 4.90 Å². The predicted octanol–water partition coefficient (Wildman–Crippen LogP) is 2.64. The number of benzene rings is 1. The van der Waals surface area contributed by atoms with Gasteiger partial charge in [0, 0.05) is 4.47 Å².